The molecule has 24 heavy (non-hydrogen) atoms. The molecule has 0 saturated carbocycles. The van der Waals surface area contributed by atoms with Crippen molar-refractivity contribution in [2.45, 2.75) is 19.3 Å². The molecule has 126 valence electrons. The molecule has 2 aromatic rings. The predicted octanol–water partition coefficient (Wildman–Crippen LogP) is 4.30. The number of carbonyl (C=O) groups excluding carboxylic acids is 1. The van der Waals surface area contributed by atoms with E-state index >= 15 is 0 Å². The van der Waals surface area contributed by atoms with Crippen molar-refractivity contribution in [3.8, 4) is 5.75 Å². The minimum atomic E-state index is -0.153. The van der Waals surface area contributed by atoms with Gasteiger partial charge in [0.15, 0.2) is 6.61 Å². The number of anilines is 2. The molecule has 0 aromatic heterocycles. The van der Waals surface area contributed by atoms with Crippen LogP contribution in [-0.4, -0.2) is 25.6 Å². The van der Waals surface area contributed by atoms with Crippen molar-refractivity contribution in [2.24, 2.45) is 0 Å². The smallest absolute Gasteiger partial charge is 0.262 e. The highest BCUT2D eigenvalue weighted by molar-refractivity contribution is 14.1. The van der Waals surface area contributed by atoms with Crippen molar-refractivity contribution >= 4 is 39.9 Å². The lowest BCUT2D eigenvalue weighted by atomic mass is 10.1. The second kappa shape index (κ2) is 8.37. The third-order valence-electron chi connectivity index (χ3n) is 4.06. The largest absolute Gasteiger partial charge is 0.484 e. The number of hydrogen-bond donors (Lipinski definition) is 1. The number of halogens is 1. The fraction of sp³-hybridized carbons (Fsp3) is 0.316. The number of ether oxygens (including phenoxy) is 1. The zero-order chi connectivity index (χ0) is 16.8. The Kier molecular flexibility index (Phi) is 5.96. The molecule has 3 rings (SSSR count). The summed E-state index contributed by atoms with van der Waals surface area (Å²) in [7, 11) is 0. The molecule has 1 aliphatic rings. The van der Waals surface area contributed by atoms with Crippen LogP contribution in [0, 0.1) is 3.57 Å². The van der Waals surface area contributed by atoms with E-state index in [1.54, 1.807) is 0 Å². The van der Waals surface area contributed by atoms with Crippen LogP contribution in [0.4, 0.5) is 11.4 Å². The maximum Gasteiger partial charge on any atom is 0.262 e. The van der Waals surface area contributed by atoms with Crippen molar-refractivity contribution in [1.29, 1.82) is 0 Å². The fourth-order valence-corrected chi connectivity index (χ4v) is 3.14. The van der Waals surface area contributed by atoms with Crippen LogP contribution >= 0.6 is 22.6 Å². The van der Waals surface area contributed by atoms with E-state index in [0.29, 0.717) is 5.75 Å². The molecule has 1 amide bonds. The number of piperidine rings is 1. The van der Waals surface area contributed by atoms with E-state index in [1.807, 2.05) is 36.4 Å². The van der Waals surface area contributed by atoms with E-state index in [4.69, 9.17) is 4.74 Å². The van der Waals surface area contributed by atoms with Gasteiger partial charge in [0.2, 0.25) is 0 Å². The number of nitrogens with one attached hydrogen (secondary N) is 1. The summed E-state index contributed by atoms with van der Waals surface area (Å²) in [5, 5.41) is 2.87. The lowest BCUT2D eigenvalue weighted by Gasteiger charge is -2.28. The number of hydrogen-bond acceptors (Lipinski definition) is 3. The first kappa shape index (κ1) is 17.1. The number of carbonyl (C=O) groups is 1. The molecule has 5 heteroatoms. The molecular weight excluding hydrogens is 415 g/mol. The number of rotatable bonds is 5. The van der Waals surface area contributed by atoms with Crippen LogP contribution in [0.25, 0.3) is 0 Å². The van der Waals surface area contributed by atoms with Gasteiger partial charge in [0.25, 0.3) is 5.91 Å². The molecule has 1 saturated heterocycles. The Morgan fingerprint density at radius 3 is 2.33 bits per heavy atom. The van der Waals surface area contributed by atoms with Gasteiger partial charge in [-0.2, -0.15) is 0 Å². The molecule has 1 aliphatic heterocycles. The van der Waals surface area contributed by atoms with Gasteiger partial charge >= 0.3 is 0 Å². The van der Waals surface area contributed by atoms with Gasteiger partial charge in [-0.25, -0.2) is 0 Å². The summed E-state index contributed by atoms with van der Waals surface area (Å²) in [4.78, 5) is 14.4. The average molecular weight is 436 g/mol. The van der Waals surface area contributed by atoms with Gasteiger partial charge in [-0.15, -0.1) is 0 Å². The molecule has 1 heterocycles. The summed E-state index contributed by atoms with van der Waals surface area (Å²) in [5.41, 5.74) is 2.02. The molecule has 2 aromatic carbocycles. The number of amides is 1. The van der Waals surface area contributed by atoms with Crippen LogP contribution in [-0.2, 0) is 4.79 Å². The standard InChI is InChI=1S/C19H21IN2O2/c20-15-4-10-18(11-5-15)24-14-19(23)21-16-6-8-17(9-7-16)22-12-2-1-3-13-22/h4-11H,1-3,12-14H2,(H,21,23). The minimum Gasteiger partial charge on any atom is -0.484 e. The van der Waals surface area contributed by atoms with Gasteiger partial charge in [-0.1, -0.05) is 0 Å². The van der Waals surface area contributed by atoms with E-state index < -0.39 is 0 Å². The van der Waals surface area contributed by atoms with Crippen molar-refractivity contribution in [3.63, 3.8) is 0 Å². The molecule has 0 unspecified atom stereocenters. The van der Waals surface area contributed by atoms with Gasteiger partial charge in [0, 0.05) is 28.0 Å². The lowest BCUT2D eigenvalue weighted by Crippen LogP contribution is -2.29. The number of benzene rings is 2. The minimum absolute atomic E-state index is 0.00840. The van der Waals surface area contributed by atoms with Gasteiger partial charge in [0.05, 0.1) is 0 Å². The normalized spacial score (nSPS) is 14.3. The molecule has 0 spiro atoms. The Balaban J connectivity index is 1.49. The van der Waals surface area contributed by atoms with E-state index in [9.17, 15) is 4.79 Å². The maximum absolute atomic E-state index is 12.0. The van der Waals surface area contributed by atoms with Crippen LogP contribution < -0.4 is 15.0 Å². The Bertz CT molecular complexity index is 665. The third-order valence-corrected chi connectivity index (χ3v) is 4.78. The zero-order valence-corrected chi connectivity index (χ0v) is 15.7. The Hall–Kier alpha value is -1.76. The van der Waals surface area contributed by atoms with Crippen LogP contribution in [0.1, 0.15) is 19.3 Å². The Morgan fingerprint density at radius 2 is 1.67 bits per heavy atom. The molecule has 0 atom stereocenters. The van der Waals surface area contributed by atoms with Crippen molar-refractivity contribution in [2.75, 3.05) is 29.9 Å². The topological polar surface area (TPSA) is 41.6 Å². The highest BCUT2D eigenvalue weighted by Crippen LogP contribution is 2.21. The molecule has 1 N–H and O–H groups in total. The van der Waals surface area contributed by atoms with E-state index in [0.717, 1.165) is 22.3 Å². The van der Waals surface area contributed by atoms with Gasteiger partial charge in [-0.3, -0.25) is 4.79 Å². The van der Waals surface area contributed by atoms with E-state index in [1.165, 1.54) is 24.9 Å². The van der Waals surface area contributed by atoms with Crippen molar-refractivity contribution in [1.82, 2.24) is 0 Å². The first-order valence-corrected chi connectivity index (χ1v) is 9.32. The molecule has 0 bridgehead atoms. The summed E-state index contributed by atoms with van der Waals surface area (Å²) in [6.07, 6.45) is 3.84. The van der Waals surface area contributed by atoms with Crippen LogP contribution in [0.3, 0.4) is 0 Å². The second-order valence-corrected chi connectivity index (χ2v) is 7.13. The van der Waals surface area contributed by atoms with Crippen molar-refractivity contribution in [3.05, 3.63) is 52.1 Å². The van der Waals surface area contributed by atoms with Gasteiger partial charge in [-0.05, 0) is 90.4 Å². The summed E-state index contributed by atoms with van der Waals surface area (Å²) in [6, 6.07) is 15.7. The van der Waals surface area contributed by atoms with E-state index in [-0.39, 0.29) is 12.5 Å². The second-order valence-electron chi connectivity index (χ2n) is 5.89. The van der Waals surface area contributed by atoms with Gasteiger partial charge < -0.3 is 15.0 Å². The average Bonchev–Trinajstić information content (AvgIpc) is 2.63. The maximum atomic E-state index is 12.0. The molecular formula is C19H21IN2O2. The van der Waals surface area contributed by atoms with Crippen molar-refractivity contribution < 1.29 is 9.53 Å². The van der Waals surface area contributed by atoms with E-state index in [2.05, 4.69) is 44.9 Å². The van der Waals surface area contributed by atoms with Crippen LogP contribution in [0.15, 0.2) is 48.5 Å². The predicted molar refractivity (Wildman–Crippen MR) is 106 cm³/mol. The monoisotopic (exact) mass is 436 g/mol. The Morgan fingerprint density at radius 1 is 1.00 bits per heavy atom. The third kappa shape index (κ3) is 4.87. The molecule has 4 nitrogen and oxygen atoms in total. The molecule has 0 aliphatic carbocycles. The summed E-state index contributed by atoms with van der Waals surface area (Å²) >= 11 is 2.23. The summed E-state index contributed by atoms with van der Waals surface area (Å²) in [6.45, 7) is 2.25. The fourth-order valence-electron chi connectivity index (χ4n) is 2.78. The first-order chi connectivity index (χ1) is 11.7. The van der Waals surface area contributed by atoms with Crippen LogP contribution in [0.2, 0.25) is 0 Å². The van der Waals surface area contributed by atoms with Gasteiger partial charge in [0.1, 0.15) is 5.75 Å². The van der Waals surface area contributed by atoms with Crippen LogP contribution in [0.5, 0.6) is 5.75 Å². The SMILES string of the molecule is O=C(COc1ccc(I)cc1)Nc1ccc(N2CCCCC2)cc1. The quantitative estimate of drug-likeness (QED) is 0.711. The lowest BCUT2D eigenvalue weighted by molar-refractivity contribution is -0.118. The highest BCUT2D eigenvalue weighted by atomic mass is 127. The molecule has 0 radical (unpaired) electrons. The highest BCUT2D eigenvalue weighted by Gasteiger charge is 2.11. The first-order valence-electron chi connectivity index (χ1n) is 8.24. The summed E-state index contributed by atoms with van der Waals surface area (Å²) < 4.78 is 6.63. The molecule has 1 fully saturated rings. The summed E-state index contributed by atoms with van der Waals surface area (Å²) in [5.74, 6) is 0.547. The Labute approximate surface area is 156 Å². The zero-order valence-electron chi connectivity index (χ0n) is 13.5. The number of nitrogens with zero attached hydrogens (tertiary/aromatic N) is 1.